The number of ether oxygens (including phenoxy) is 3. The number of carbonyl (C=O) groups excluding carboxylic acids is 1. The summed E-state index contributed by atoms with van der Waals surface area (Å²) in [5, 5.41) is 0. The van der Waals surface area contributed by atoms with Gasteiger partial charge in [-0.05, 0) is 63.6 Å². The SMILES string of the molecule is CCCCC1CN(C2CCCOC2)c2cc(SC)c(O/C=C(\F)C(=O)OCC)cc2SN1C. The average molecular weight is 499 g/mol. The molecule has 1 aromatic carbocycles. The highest BCUT2D eigenvalue weighted by molar-refractivity contribution is 7.98. The summed E-state index contributed by atoms with van der Waals surface area (Å²) in [6.07, 6.45) is 8.45. The van der Waals surface area contributed by atoms with E-state index in [4.69, 9.17) is 14.2 Å². The molecule has 0 aromatic heterocycles. The Morgan fingerprint density at radius 2 is 2.21 bits per heavy atom. The van der Waals surface area contributed by atoms with Gasteiger partial charge in [0.2, 0.25) is 5.83 Å². The van der Waals surface area contributed by atoms with Gasteiger partial charge in [0.25, 0.3) is 0 Å². The molecule has 6 nitrogen and oxygen atoms in total. The van der Waals surface area contributed by atoms with Crippen LogP contribution in [0.5, 0.6) is 5.75 Å². The molecule has 9 heteroatoms. The molecule has 2 heterocycles. The summed E-state index contributed by atoms with van der Waals surface area (Å²) >= 11 is 3.23. The number of unbranched alkanes of at least 4 members (excludes halogenated alkanes) is 1. The summed E-state index contributed by atoms with van der Waals surface area (Å²) in [4.78, 5) is 16.0. The van der Waals surface area contributed by atoms with E-state index in [2.05, 4.69) is 29.2 Å². The molecule has 0 radical (unpaired) electrons. The van der Waals surface area contributed by atoms with E-state index in [0.717, 1.165) is 60.8 Å². The van der Waals surface area contributed by atoms with Crippen molar-refractivity contribution in [1.29, 1.82) is 0 Å². The molecule has 1 saturated heterocycles. The highest BCUT2D eigenvalue weighted by atomic mass is 32.2. The third-order valence-corrected chi connectivity index (χ3v) is 7.82. The van der Waals surface area contributed by atoms with Gasteiger partial charge in [0.15, 0.2) is 0 Å². The summed E-state index contributed by atoms with van der Waals surface area (Å²) in [6.45, 7) is 6.46. The predicted molar refractivity (Wildman–Crippen MR) is 133 cm³/mol. The van der Waals surface area contributed by atoms with E-state index in [0.29, 0.717) is 17.8 Å². The first kappa shape index (κ1) is 26.2. The Kier molecular flexibility index (Phi) is 10.2. The summed E-state index contributed by atoms with van der Waals surface area (Å²) in [6, 6.07) is 4.82. The molecule has 2 unspecified atom stereocenters. The second-order valence-electron chi connectivity index (χ2n) is 8.23. The maximum absolute atomic E-state index is 14.1. The predicted octanol–water partition coefficient (Wildman–Crippen LogP) is 5.66. The molecule has 184 valence electrons. The molecule has 1 fully saturated rings. The molecular formula is C24H35FN2O4S2. The second-order valence-corrected chi connectivity index (χ2v) is 10.3. The molecule has 0 spiro atoms. The normalized spacial score (nSPS) is 22.0. The van der Waals surface area contributed by atoms with Gasteiger partial charge in [0.1, 0.15) is 12.0 Å². The number of anilines is 1. The van der Waals surface area contributed by atoms with Crippen LogP contribution >= 0.6 is 23.7 Å². The van der Waals surface area contributed by atoms with Crippen LogP contribution in [0.15, 0.2) is 34.0 Å². The van der Waals surface area contributed by atoms with E-state index in [-0.39, 0.29) is 6.61 Å². The summed E-state index contributed by atoms with van der Waals surface area (Å²) in [7, 11) is 2.14. The Morgan fingerprint density at radius 3 is 2.88 bits per heavy atom. The standard InChI is InChI=1S/C24H35FN2O4S2/c1-5-7-9-17-14-27(18-10-8-11-29-15-18)20-12-23(32-4)21(13-22(20)33-26(17)3)31-16-19(25)24(28)30-6-2/h12-13,16-18H,5-11,14-15H2,1-4H3/b19-16-. The van der Waals surface area contributed by atoms with E-state index in [1.54, 1.807) is 18.9 Å². The van der Waals surface area contributed by atoms with Crippen LogP contribution < -0.4 is 9.64 Å². The number of hydrogen-bond acceptors (Lipinski definition) is 8. The van der Waals surface area contributed by atoms with E-state index < -0.39 is 11.8 Å². The molecule has 0 aliphatic carbocycles. The van der Waals surface area contributed by atoms with E-state index >= 15 is 0 Å². The topological polar surface area (TPSA) is 51.2 Å². The number of esters is 1. The number of halogens is 1. The smallest absolute Gasteiger partial charge is 0.370 e. The van der Waals surface area contributed by atoms with Gasteiger partial charge < -0.3 is 19.1 Å². The molecule has 0 bridgehead atoms. The zero-order chi connectivity index (χ0) is 23.8. The fourth-order valence-corrected chi connectivity index (χ4v) is 5.74. The summed E-state index contributed by atoms with van der Waals surface area (Å²) in [5.74, 6) is -1.55. The molecule has 2 aliphatic heterocycles. The average Bonchev–Trinajstić information content (AvgIpc) is 2.96. The fraction of sp³-hybridized carbons (Fsp3) is 0.625. The monoisotopic (exact) mass is 498 g/mol. The largest absolute Gasteiger partial charge is 0.461 e. The Hall–Kier alpha value is -1.42. The van der Waals surface area contributed by atoms with E-state index in [1.807, 2.05) is 12.3 Å². The number of hydrogen-bond donors (Lipinski definition) is 0. The van der Waals surface area contributed by atoms with Crippen LogP contribution in [0.4, 0.5) is 10.1 Å². The minimum Gasteiger partial charge on any atom is -0.461 e. The van der Waals surface area contributed by atoms with Gasteiger partial charge in [-0.15, -0.1) is 11.8 Å². The first-order chi connectivity index (χ1) is 16.0. The van der Waals surface area contributed by atoms with Gasteiger partial charge in [-0.25, -0.2) is 9.10 Å². The highest BCUT2D eigenvalue weighted by Crippen LogP contribution is 2.45. The molecule has 3 rings (SSSR count). The maximum Gasteiger partial charge on any atom is 0.370 e. The molecule has 2 aliphatic rings. The van der Waals surface area contributed by atoms with Crippen LogP contribution in [0.1, 0.15) is 46.0 Å². The number of fused-ring (bicyclic) bond motifs is 1. The van der Waals surface area contributed by atoms with Crippen molar-refractivity contribution in [2.24, 2.45) is 0 Å². The maximum atomic E-state index is 14.1. The molecule has 0 N–H and O–H groups in total. The molecule has 1 aromatic rings. The minimum absolute atomic E-state index is 0.109. The van der Waals surface area contributed by atoms with Crippen molar-refractivity contribution in [3.63, 3.8) is 0 Å². The number of carbonyl (C=O) groups is 1. The van der Waals surface area contributed by atoms with Crippen LogP contribution in [-0.4, -0.2) is 62.0 Å². The van der Waals surface area contributed by atoms with Crippen LogP contribution in [0.2, 0.25) is 0 Å². The van der Waals surface area contributed by atoms with E-state index in [1.165, 1.54) is 24.6 Å². The van der Waals surface area contributed by atoms with Crippen molar-refractivity contribution >= 4 is 35.4 Å². The van der Waals surface area contributed by atoms with E-state index in [9.17, 15) is 9.18 Å². The third kappa shape index (κ3) is 6.81. The lowest BCUT2D eigenvalue weighted by atomic mass is 10.0. The summed E-state index contributed by atoms with van der Waals surface area (Å²) in [5.41, 5.74) is 1.16. The number of nitrogens with zero attached hydrogens (tertiary/aromatic N) is 2. The lowest BCUT2D eigenvalue weighted by Gasteiger charge is -2.38. The zero-order valence-corrected chi connectivity index (χ0v) is 21.6. The van der Waals surface area contributed by atoms with Crippen molar-refractivity contribution in [2.75, 3.05) is 44.6 Å². The lowest BCUT2D eigenvalue weighted by Crippen LogP contribution is -2.46. The Morgan fingerprint density at radius 1 is 1.39 bits per heavy atom. The third-order valence-electron chi connectivity index (χ3n) is 5.95. The van der Waals surface area contributed by atoms with Crippen molar-refractivity contribution in [2.45, 2.75) is 67.8 Å². The minimum atomic E-state index is -1.05. The van der Waals surface area contributed by atoms with Crippen molar-refractivity contribution < 1.29 is 23.4 Å². The van der Waals surface area contributed by atoms with Gasteiger partial charge in [-0.2, -0.15) is 4.39 Å². The molecule has 0 saturated carbocycles. The van der Waals surface area contributed by atoms with Crippen LogP contribution in [-0.2, 0) is 14.3 Å². The zero-order valence-electron chi connectivity index (χ0n) is 20.0. The van der Waals surface area contributed by atoms with Crippen molar-refractivity contribution in [3.8, 4) is 5.75 Å². The number of thioether (sulfide) groups is 1. The van der Waals surface area contributed by atoms with Crippen LogP contribution in [0, 0.1) is 0 Å². The van der Waals surface area contributed by atoms with Gasteiger partial charge in [-0.3, -0.25) is 0 Å². The Balaban J connectivity index is 1.95. The lowest BCUT2D eigenvalue weighted by molar-refractivity contribution is -0.140. The number of likely N-dealkylation sites (N-methyl/N-ethyl adjacent to an activating group) is 1. The fourth-order valence-electron chi connectivity index (χ4n) is 4.14. The second kappa shape index (κ2) is 12.9. The van der Waals surface area contributed by atoms with Crippen LogP contribution in [0.3, 0.4) is 0 Å². The Bertz CT molecular complexity index is 833. The molecule has 0 amide bonds. The van der Waals surface area contributed by atoms with Gasteiger partial charge in [0.05, 0.1) is 34.7 Å². The van der Waals surface area contributed by atoms with Gasteiger partial charge in [0, 0.05) is 19.2 Å². The number of benzene rings is 1. The molecular weight excluding hydrogens is 463 g/mol. The molecule has 33 heavy (non-hydrogen) atoms. The Labute approximate surface area is 205 Å². The number of rotatable bonds is 9. The van der Waals surface area contributed by atoms with Crippen LogP contribution in [0.25, 0.3) is 0 Å². The molecule has 2 atom stereocenters. The highest BCUT2D eigenvalue weighted by Gasteiger charge is 2.32. The quantitative estimate of drug-likeness (QED) is 0.142. The van der Waals surface area contributed by atoms with Gasteiger partial charge in [-0.1, -0.05) is 19.8 Å². The van der Waals surface area contributed by atoms with Gasteiger partial charge >= 0.3 is 5.97 Å². The van der Waals surface area contributed by atoms with Crippen molar-refractivity contribution in [1.82, 2.24) is 4.31 Å². The first-order valence-corrected chi connectivity index (χ1v) is 13.6. The summed E-state index contributed by atoms with van der Waals surface area (Å²) < 4.78 is 32.6. The van der Waals surface area contributed by atoms with Crippen molar-refractivity contribution in [3.05, 3.63) is 24.2 Å². The first-order valence-electron chi connectivity index (χ1n) is 11.6.